The van der Waals surface area contributed by atoms with Gasteiger partial charge in [0.15, 0.2) is 0 Å². The Balaban J connectivity index is 2.35. The summed E-state index contributed by atoms with van der Waals surface area (Å²) in [6, 6.07) is 6.97. The Bertz CT molecular complexity index is 420. The van der Waals surface area contributed by atoms with Crippen LogP contribution in [-0.2, 0) is 9.53 Å². The Labute approximate surface area is 115 Å². The molecule has 18 heavy (non-hydrogen) atoms. The number of halogens is 1. The quantitative estimate of drug-likeness (QED) is 0.648. The van der Waals surface area contributed by atoms with Crippen molar-refractivity contribution in [1.82, 2.24) is 5.32 Å². The lowest BCUT2D eigenvalue weighted by Gasteiger charge is -2.06. The van der Waals surface area contributed by atoms with E-state index < -0.39 is 5.97 Å². The average molecular weight is 314 g/mol. The fraction of sp³-hybridized carbons (Fsp3) is 0.385. The number of benzene rings is 1. The Morgan fingerprint density at radius 3 is 2.83 bits per heavy atom. The van der Waals surface area contributed by atoms with Gasteiger partial charge in [-0.05, 0) is 24.6 Å². The van der Waals surface area contributed by atoms with Crippen LogP contribution in [0.5, 0.6) is 0 Å². The van der Waals surface area contributed by atoms with Gasteiger partial charge >= 0.3 is 5.97 Å². The van der Waals surface area contributed by atoms with Crippen LogP contribution in [0.25, 0.3) is 0 Å². The van der Waals surface area contributed by atoms with Crippen molar-refractivity contribution in [3.63, 3.8) is 0 Å². The Morgan fingerprint density at radius 2 is 2.17 bits per heavy atom. The topological polar surface area (TPSA) is 55.4 Å². The van der Waals surface area contributed by atoms with E-state index in [1.165, 1.54) is 0 Å². The van der Waals surface area contributed by atoms with Gasteiger partial charge in [0.25, 0.3) is 5.91 Å². The van der Waals surface area contributed by atoms with Gasteiger partial charge < -0.3 is 10.1 Å². The summed E-state index contributed by atoms with van der Waals surface area (Å²) in [5.41, 5.74) is 0.505. The molecule has 1 N–H and O–H groups in total. The van der Waals surface area contributed by atoms with Gasteiger partial charge in [0.1, 0.15) is 6.54 Å². The summed E-state index contributed by atoms with van der Waals surface area (Å²) >= 11 is 3.28. The number of hydrogen-bond donors (Lipinski definition) is 1. The molecule has 0 radical (unpaired) electrons. The zero-order valence-corrected chi connectivity index (χ0v) is 11.8. The van der Waals surface area contributed by atoms with Crippen LogP contribution in [0.4, 0.5) is 0 Å². The molecule has 5 heteroatoms. The van der Waals surface area contributed by atoms with Crippen molar-refractivity contribution in [1.29, 1.82) is 0 Å². The van der Waals surface area contributed by atoms with E-state index in [2.05, 4.69) is 21.2 Å². The van der Waals surface area contributed by atoms with Gasteiger partial charge in [-0.3, -0.25) is 9.59 Å². The van der Waals surface area contributed by atoms with Gasteiger partial charge in [-0.15, -0.1) is 0 Å². The van der Waals surface area contributed by atoms with Crippen LogP contribution in [0.3, 0.4) is 0 Å². The lowest BCUT2D eigenvalue weighted by atomic mass is 10.2. The van der Waals surface area contributed by atoms with Gasteiger partial charge in [0, 0.05) is 10.0 Å². The maximum absolute atomic E-state index is 11.7. The molecule has 1 rings (SSSR count). The highest BCUT2D eigenvalue weighted by atomic mass is 79.9. The van der Waals surface area contributed by atoms with Crippen molar-refractivity contribution >= 4 is 27.8 Å². The van der Waals surface area contributed by atoms with Crippen molar-refractivity contribution in [2.24, 2.45) is 0 Å². The third kappa shape index (κ3) is 5.31. The predicted octanol–water partition coefficient (Wildman–Crippen LogP) is 2.52. The van der Waals surface area contributed by atoms with Crippen LogP contribution >= 0.6 is 15.9 Å². The van der Waals surface area contributed by atoms with E-state index in [9.17, 15) is 9.59 Å². The number of amides is 1. The van der Waals surface area contributed by atoms with Crippen molar-refractivity contribution in [2.75, 3.05) is 13.2 Å². The molecule has 0 fully saturated rings. The Kier molecular flexibility index (Phi) is 6.43. The maximum Gasteiger partial charge on any atom is 0.325 e. The molecule has 0 unspecified atom stereocenters. The van der Waals surface area contributed by atoms with E-state index in [-0.39, 0.29) is 12.5 Å². The minimum Gasteiger partial charge on any atom is -0.464 e. The molecule has 4 nitrogen and oxygen atoms in total. The molecule has 1 aromatic carbocycles. The zero-order chi connectivity index (χ0) is 13.4. The first kappa shape index (κ1) is 14.7. The predicted molar refractivity (Wildman–Crippen MR) is 72.3 cm³/mol. The lowest BCUT2D eigenvalue weighted by Crippen LogP contribution is -2.30. The van der Waals surface area contributed by atoms with Gasteiger partial charge in [0.2, 0.25) is 0 Å². The molecular weight excluding hydrogens is 298 g/mol. The molecular formula is C13H16BrNO3. The highest BCUT2D eigenvalue weighted by Gasteiger charge is 2.08. The minimum atomic E-state index is -0.410. The van der Waals surface area contributed by atoms with Crippen LogP contribution in [0.2, 0.25) is 0 Å². The molecule has 98 valence electrons. The molecule has 0 aromatic heterocycles. The third-order valence-electron chi connectivity index (χ3n) is 2.24. The number of carbonyl (C=O) groups is 2. The van der Waals surface area contributed by atoms with E-state index in [0.717, 1.165) is 17.3 Å². The molecule has 1 aromatic rings. The molecule has 0 bridgehead atoms. The molecule has 0 aliphatic carbocycles. The van der Waals surface area contributed by atoms with E-state index in [4.69, 9.17) is 4.74 Å². The first-order valence-corrected chi connectivity index (χ1v) is 6.62. The van der Waals surface area contributed by atoms with Crippen molar-refractivity contribution in [3.05, 3.63) is 34.3 Å². The van der Waals surface area contributed by atoms with Gasteiger partial charge in [-0.1, -0.05) is 35.3 Å². The number of unbranched alkanes of at least 4 members (excludes halogenated alkanes) is 1. The average Bonchev–Trinajstić information content (AvgIpc) is 2.36. The second kappa shape index (κ2) is 7.87. The summed E-state index contributed by atoms with van der Waals surface area (Å²) in [5.74, 6) is -0.699. The number of ether oxygens (including phenoxy) is 1. The number of carbonyl (C=O) groups excluding carboxylic acids is 2. The maximum atomic E-state index is 11.7. The Hall–Kier alpha value is -1.36. The van der Waals surface area contributed by atoms with E-state index in [1.807, 2.05) is 13.0 Å². The number of hydrogen-bond acceptors (Lipinski definition) is 3. The van der Waals surface area contributed by atoms with Gasteiger partial charge in [0.05, 0.1) is 6.61 Å². The summed E-state index contributed by atoms with van der Waals surface area (Å²) in [5, 5.41) is 2.52. The molecule has 1 amide bonds. The van der Waals surface area contributed by atoms with Crippen LogP contribution < -0.4 is 5.32 Å². The molecule has 0 aliphatic heterocycles. The summed E-state index contributed by atoms with van der Waals surface area (Å²) in [6.45, 7) is 2.32. The first-order valence-electron chi connectivity index (χ1n) is 5.83. The van der Waals surface area contributed by atoms with Gasteiger partial charge in [-0.2, -0.15) is 0 Å². The monoisotopic (exact) mass is 313 g/mol. The zero-order valence-electron chi connectivity index (χ0n) is 10.2. The van der Waals surface area contributed by atoms with Crippen LogP contribution in [0.1, 0.15) is 30.1 Å². The molecule has 0 aliphatic rings. The number of esters is 1. The summed E-state index contributed by atoms with van der Waals surface area (Å²) in [7, 11) is 0. The minimum absolute atomic E-state index is 0.102. The SMILES string of the molecule is CCCCOC(=O)CNC(=O)c1cccc(Br)c1. The molecule has 0 saturated heterocycles. The summed E-state index contributed by atoms with van der Waals surface area (Å²) in [6.07, 6.45) is 1.81. The molecule has 0 heterocycles. The largest absolute Gasteiger partial charge is 0.464 e. The fourth-order valence-corrected chi connectivity index (χ4v) is 1.66. The van der Waals surface area contributed by atoms with Crippen LogP contribution in [0.15, 0.2) is 28.7 Å². The fourth-order valence-electron chi connectivity index (χ4n) is 1.27. The van der Waals surface area contributed by atoms with E-state index in [1.54, 1.807) is 18.2 Å². The molecule has 0 saturated carbocycles. The second-order valence-corrected chi connectivity index (χ2v) is 4.68. The van der Waals surface area contributed by atoms with Crippen LogP contribution in [-0.4, -0.2) is 25.0 Å². The highest BCUT2D eigenvalue weighted by Crippen LogP contribution is 2.11. The second-order valence-electron chi connectivity index (χ2n) is 3.77. The van der Waals surface area contributed by atoms with Crippen molar-refractivity contribution < 1.29 is 14.3 Å². The summed E-state index contributed by atoms with van der Waals surface area (Å²) < 4.78 is 5.75. The summed E-state index contributed by atoms with van der Waals surface area (Å²) in [4.78, 5) is 23.0. The van der Waals surface area contributed by atoms with E-state index >= 15 is 0 Å². The third-order valence-corrected chi connectivity index (χ3v) is 2.73. The standard InChI is InChI=1S/C13H16BrNO3/c1-2-3-7-18-12(16)9-15-13(17)10-5-4-6-11(14)8-10/h4-6,8H,2-3,7,9H2,1H3,(H,15,17). The Morgan fingerprint density at radius 1 is 1.39 bits per heavy atom. The number of rotatable bonds is 6. The lowest BCUT2D eigenvalue weighted by molar-refractivity contribution is -0.142. The molecule has 0 atom stereocenters. The normalized spacial score (nSPS) is 9.89. The number of nitrogens with one attached hydrogen (secondary N) is 1. The first-order chi connectivity index (χ1) is 8.63. The van der Waals surface area contributed by atoms with Crippen molar-refractivity contribution in [2.45, 2.75) is 19.8 Å². The highest BCUT2D eigenvalue weighted by molar-refractivity contribution is 9.10. The smallest absolute Gasteiger partial charge is 0.325 e. The van der Waals surface area contributed by atoms with Gasteiger partial charge in [-0.25, -0.2) is 0 Å². The molecule has 0 spiro atoms. The van der Waals surface area contributed by atoms with Crippen LogP contribution in [0, 0.1) is 0 Å². The van der Waals surface area contributed by atoms with E-state index in [0.29, 0.717) is 12.2 Å². The van der Waals surface area contributed by atoms with Crippen molar-refractivity contribution in [3.8, 4) is 0 Å².